The Labute approximate surface area is 217 Å². The first kappa shape index (κ1) is 24.8. The molecular formula is C31H31NO5. The SMILES string of the molecule is COC(=O)C1(C(=O)OC)Cc2ccc(CN3CC(C)(Cc4ccccc4)c4ccccc4C3=O)cc2C1. The van der Waals surface area contributed by atoms with Crippen LogP contribution in [0.3, 0.4) is 0 Å². The van der Waals surface area contributed by atoms with Gasteiger partial charge in [0, 0.05) is 24.1 Å². The molecule has 190 valence electrons. The second kappa shape index (κ2) is 9.51. The lowest BCUT2D eigenvalue weighted by Crippen LogP contribution is -2.48. The second-order valence-electron chi connectivity index (χ2n) is 10.5. The molecule has 0 saturated carbocycles. The fraction of sp³-hybridized carbons (Fsp3) is 0.323. The Morgan fingerprint density at radius 1 is 0.838 bits per heavy atom. The maximum atomic E-state index is 13.6. The normalized spacial score (nSPS) is 19.6. The minimum Gasteiger partial charge on any atom is -0.468 e. The summed E-state index contributed by atoms with van der Waals surface area (Å²) in [5.41, 5.74) is 4.23. The number of nitrogens with zero attached hydrogens (tertiary/aromatic N) is 1. The van der Waals surface area contributed by atoms with E-state index in [2.05, 4.69) is 25.1 Å². The van der Waals surface area contributed by atoms with Crippen LogP contribution in [-0.4, -0.2) is 43.5 Å². The van der Waals surface area contributed by atoms with Crippen molar-refractivity contribution in [3.8, 4) is 0 Å². The lowest BCUT2D eigenvalue weighted by atomic mass is 9.72. The van der Waals surface area contributed by atoms with Gasteiger partial charge < -0.3 is 14.4 Å². The average Bonchev–Trinajstić information content (AvgIpc) is 3.31. The zero-order chi connectivity index (χ0) is 26.2. The van der Waals surface area contributed by atoms with Gasteiger partial charge in [0.2, 0.25) is 0 Å². The van der Waals surface area contributed by atoms with E-state index in [1.54, 1.807) is 0 Å². The average molecular weight is 498 g/mol. The number of fused-ring (bicyclic) bond motifs is 2. The third kappa shape index (κ3) is 4.31. The van der Waals surface area contributed by atoms with E-state index in [1.165, 1.54) is 19.8 Å². The summed E-state index contributed by atoms with van der Waals surface area (Å²) in [7, 11) is 2.57. The maximum Gasteiger partial charge on any atom is 0.323 e. The van der Waals surface area contributed by atoms with E-state index in [4.69, 9.17) is 9.47 Å². The molecule has 1 heterocycles. The van der Waals surface area contributed by atoms with Gasteiger partial charge in [0.15, 0.2) is 5.41 Å². The molecular weight excluding hydrogens is 466 g/mol. The van der Waals surface area contributed by atoms with Crippen LogP contribution in [0.2, 0.25) is 0 Å². The van der Waals surface area contributed by atoms with Gasteiger partial charge in [0.1, 0.15) is 0 Å². The number of hydrogen-bond acceptors (Lipinski definition) is 5. The van der Waals surface area contributed by atoms with Crippen molar-refractivity contribution in [1.82, 2.24) is 4.90 Å². The smallest absolute Gasteiger partial charge is 0.323 e. The third-order valence-corrected chi connectivity index (χ3v) is 7.85. The molecule has 0 bridgehead atoms. The van der Waals surface area contributed by atoms with Crippen LogP contribution in [0.25, 0.3) is 0 Å². The molecule has 5 rings (SSSR count). The van der Waals surface area contributed by atoms with Crippen LogP contribution in [0.15, 0.2) is 72.8 Å². The Bertz CT molecular complexity index is 1350. The Morgan fingerprint density at radius 2 is 1.49 bits per heavy atom. The topological polar surface area (TPSA) is 72.9 Å². The molecule has 1 aliphatic heterocycles. The highest BCUT2D eigenvalue weighted by atomic mass is 16.5. The molecule has 0 fully saturated rings. The fourth-order valence-corrected chi connectivity index (χ4v) is 6.08. The molecule has 0 radical (unpaired) electrons. The number of ether oxygens (including phenoxy) is 2. The van der Waals surface area contributed by atoms with Crippen molar-refractivity contribution in [1.29, 1.82) is 0 Å². The van der Waals surface area contributed by atoms with Gasteiger partial charge in [-0.05, 0) is 53.1 Å². The van der Waals surface area contributed by atoms with Gasteiger partial charge in [-0.25, -0.2) is 0 Å². The van der Waals surface area contributed by atoms with Crippen molar-refractivity contribution in [2.75, 3.05) is 20.8 Å². The molecule has 1 aliphatic carbocycles. The number of esters is 2. The summed E-state index contributed by atoms with van der Waals surface area (Å²) in [6.07, 6.45) is 1.28. The van der Waals surface area contributed by atoms with Crippen LogP contribution >= 0.6 is 0 Å². The number of carbonyl (C=O) groups excluding carboxylic acids is 3. The number of methoxy groups -OCH3 is 2. The number of hydrogen-bond donors (Lipinski definition) is 0. The Hall–Kier alpha value is -3.93. The molecule has 1 atom stereocenters. The summed E-state index contributed by atoms with van der Waals surface area (Å²) in [6.45, 7) is 3.25. The van der Waals surface area contributed by atoms with Gasteiger partial charge >= 0.3 is 11.9 Å². The maximum absolute atomic E-state index is 13.6. The summed E-state index contributed by atoms with van der Waals surface area (Å²) < 4.78 is 9.94. The van der Waals surface area contributed by atoms with E-state index in [-0.39, 0.29) is 24.2 Å². The van der Waals surface area contributed by atoms with E-state index < -0.39 is 17.4 Å². The van der Waals surface area contributed by atoms with Crippen LogP contribution < -0.4 is 0 Å². The highest BCUT2D eigenvalue weighted by Crippen LogP contribution is 2.41. The first-order valence-corrected chi connectivity index (χ1v) is 12.5. The van der Waals surface area contributed by atoms with Crippen LogP contribution in [0, 0.1) is 5.41 Å². The number of benzene rings is 3. The van der Waals surface area contributed by atoms with Crippen LogP contribution in [0.4, 0.5) is 0 Å². The van der Waals surface area contributed by atoms with Crippen molar-refractivity contribution in [2.24, 2.45) is 5.41 Å². The monoisotopic (exact) mass is 497 g/mol. The molecule has 37 heavy (non-hydrogen) atoms. The molecule has 6 nitrogen and oxygen atoms in total. The van der Waals surface area contributed by atoms with Crippen molar-refractivity contribution >= 4 is 17.8 Å². The molecule has 1 unspecified atom stereocenters. The first-order valence-electron chi connectivity index (χ1n) is 12.5. The summed E-state index contributed by atoms with van der Waals surface area (Å²) in [5.74, 6) is -1.16. The zero-order valence-corrected chi connectivity index (χ0v) is 21.5. The zero-order valence-electron chi connectivity index (χ0n) is 21.5. The van der Waals surface area contributed by atoms with Crippen molar-refractivity contribution < 1.29 is 23.9 Å². The fourth-order valence-electron chi connectivity index (χ4n) is 6.08. The summed E-state index contributed by atoms with van der Waals surface area (Å²) in [4.78, 5) is 40.7. The van der Waals surface area contributed by atoms with Crippen LogP contribution in [0.1, 0.15) is 45.1 Å². The molecule has 0 N–H and O–H groups in total. The minimum atomic E-state index is -1.36. The van der Waals surface area contributed by atoms with Gasteiger partial charge in [-0.2, -0.15) is 0 Å². The van der Waals surface area contributed by atoms with E-state index in [0.29, 0.717) is 13.1 Å². The summed E-state index contributed by atoms with van der Waals surface area (Å²) >= 11 is 0. The molecule has 0 aromatic heterocycles. The predicted molar refractivity (Wildman–Crippen MR) is 139 cm³/mol. The Morgan fingerprint density at radius 3 is 2.19 bits per heavy atom. The summed E-state index contributed by atoms with van der Waals surface area (Å²) in [6, 6.07) is 24.2. The van der Waals surface area contributed by atoms with Gasteiger partial charge in [-0.3, -0.25) is 14.4 Å². The third-order valence-electron chi connectivity index (χ3n) is 7.85. The van der Waals surface area contributed by atoms with Crippen molar-refractivity contribution in [3.05, 3.63) is 106 Å². The van der Waals surface area contributed by atoms with Gasteiger partial charge in [-0.15, -0.1) is 0 Å². The summed E-state index contributed by atoms with van der Waals surface area (Å²) in [5, 5.41) is 0. The predicted octanol–water partition coefficient (Wildman–Crippen LogP) is 4.27. The van der Waals surface area contributed by atoms with Crippen LogP contribution in [0.5, 0.6) is 0 Å². The van der Waals surface area contributed by atoms with Gasteiger partial charge in [0.05, 0.1) is 14.2 Å². The van der Waals surface area contributed by atoms with E-state index in [9.17, 15) is 14.4 Å². The van der Waals surface area contributed by atoms with Crippen molar-refractivity contribution in [3.63, 3.8) is 0 Å². The highest BCUT2D eigenvalue weighted by molar-refractivity contribution is 6.01. The highest BCUT2D eigenvalue weighted by Gasteiger charge is 2.52. The first-order chi connectivity index (χ1) is 17.8. The minimum absolute atomic E-state index is 0.0140. The lowest BCUT2D eigenvalue weighted by molar-refractivity contribution is -0.168. The van der Waals surface area contributed by atoms with Crippen LogP contribution in [-0.2, 0) is 50.3 Å². The number of carbonyl (C=O) groups is 3. The second-order valence-corrected chi connectivity index (χ2v) is 10.5. The molecule has 1 amide bonds. The molecule has 3 aromatic carbocycles. The van der Waals surface area contributed by atoms with E-state index in [0.717, 1.165) is 34.2 Å². The largest absolute Gasteiger partial charge is 0.468 e. The molecule has 0 spiro atoms. The number of rotatable bonds is 6. The van der Waals surface area contributed by atoms with E-state index in [1.807, 2.05) is 59.5 Å². The Balaban J connectivity index is 1.44. The number of amides is 1. The van der Waals surface area contributed by atoms with Gasteiger partial charge in [0.25, 0.3) is 5.91 Å². The quantitative estimate of drug-likeness (QED) is 0.376. The molecule has 6 heteroatoms. The molecule has 3 aromatic rings. The Kier molecular flexibility index (Phi) is 6.36. The standard InChI is InChI=1S/C31H31NO5/c1-30(16-21-9-5-4-6-10-21)20-32(27(33)25-11-7-8-12-26(25)30)19-22-13-14-23-17-31(28(34)36-2,29(35)37-3)18-24(23)15-22/h4-15H,16-20H2,1-3H3. The van der Waals surface area contributed by atoms with E-state index >= 15 is 0 Å². The lowest BCUT2D eigenvalue weighted by Gasteiger charge is -2.42. The van der Waals surface area contributed by atoms with Crippen molar-refractivity contribution in [2.45, 2.75) is 38.1 Å². The molecule has 0 saturated heterocycles. The van der Waals surface area contributed by atoms with Gasteiger partial charge in [-0.1, -0.05) is 73.7 Å². The molecule has 2 aliphatic rings.